The Kier molecular flexibility index (Phi) is 10.00. The number of para-hydroxylation sites is 1. The second kappa shape index (κ2) is 12.5. The third-order valence-corrected chi connectivity index (χ3v) is 6.00. The van der Waals surface area contributed by atoms with Crippen LogP contribution in [0.1, 0.15) is 43.9 Å². The van der Waals surface area contributed by atoms with Crippen LogP contribution in [-0.2, 0) is 11.3 Å². The number of amides is 1. The van der Waals surface area contributed by atoms with Crippen molar-refractivity contribution in [1.82, 2.24) is 9.80 Å². The average Bonchev–Trinajstić information content (AvgIpc) is 2.78. The molecule has 0 saturated carbocycles. The molecule has 1 amide bonds. The van der Waals surface area contributed by atoms with E-state index in [1.165, 1.54) is 0 Å². The van der Waals surface area contributed by atoms with Crippen LogP contribution in [0.3, 0.4) is 0 Å². The van der Waals surface area contributed by atoms with E-state index in [1.54, 1.807) is 6.07 Å². The average molecular weight is 441 g/mol. The van der Waals surface area contributed by atoms with Crippen molar-refractivity contribution >= 4 is 23.2 Å². The van der Waals surface area contributed by atoms with Crippen molar-refractivity contribution in [1.29, 1.82) is 5.26 Å². The molecule has 1 N–H and O–H groups in total. The molecule has 0 aliphatic heterocycles. The lowest BCUT2D eigenvalue weighted by Gasteiger charge is -2.30. The molecule has 0 aromatic heterocycles. The minimum atomic E-state index is -0.331. The van der Waals surface area contributed by atoms with Gasteiger partial charge in [-0.3, -0.25) is 9.69 Å². The molecule has 0 radical (unpaired) electrons. The quantitative estimate of drug-likeness (QED) is 0.529. The summed E-state index contributed by atoms with van der Waals surface area (Å²) in [5.74, 6) is -0.0762. The van der Waals surface area contributed by atoms with Crippen molar-refractivity contribution in [3.63, 3.8) is 0 Å². The summed E-state index contributed by atoms with van der Waals surface area (Å²) in [7, 11) is 0. The molecule has 6 heteroatoms. The van der Waals surface area contributed by atoms with Crippen molar-refractivity contribution < 1.29 is 4.79 Å². The SMILES string of the molecule is CCN(CC)CCCN(Cc1ccc(C#N)cc1)C(C)C(=O)Nc1c(C)cccc1Cl. The van der Waals surface area contributed by atoms with Gasteiger partial charge in [0.2, 0.25) is 5.91 Å². The summed E-state index contributed by atoms with van der Waals surface area (Å²) in [5, 5.41) is 12.6. The van der Waals surface area contributed by atoms with Crippen LogP contribution in [0.25, 0.3) is 0 Å². The van der Waals surface area contributed by atoms with Crippen LogP contribution in [0.4, 0.5) is 5.69 Å². The van der Waals surface area contributed by atoms with Crippen molar-refractivity contribution in [3.05, 3.63) is 64.2 Å². The first-order valence-electron chi connectivity index (χ1n) is 10.9. The Morgan fingerprint density at radius 3 is 2.39 bits per heavy atom. The van der Waals surface area contributed by atoms with Crippen LogP contribution in [0, 0.1) is 18.3 Å². The Hall–Kier alpha value is -2.39. The fourth-order valence-corrected chi connectivity index (χ4v) is 3.82. The molecule has 0 aliphatic rings. The first-order valence-corrected chi connectivity index (χ1v) is 11.3. The molecular formula is C25H33ClN4O. The van der Waals surface area contributed by atoms with Crippen LogP contribution in [-0.4, -0.2) is 47.9 Å². The van der Waals surface area contributed by atoms with Crippen LogP contribution < -0.4 is 5.32 Å². The molecule has 31 heavy (non-hydrogen) atoms. The molecule has 2 aromatic rings. The Balaban J connectivity index is 2.14. The first-order chi connectivity index (χ1) is 14.9. The van der Waals surface area contributed by atoms with Gasteiger partial charge in [0.15, 0.2) is 0 Å². The number of anilines is 1. The van der Waals surface area contributed by atoms with E-state index in [0.717, 1.165) is 43.7 Å². The van der Waals surface area contributed by atoms with E-state index >= 15 is 0 Å². The topological polar surface area (TPSA) is 59.4 Å². The smallest absolute Gasteiger partial charge is 0.241 e. The molecule has 1 atom stereocenters. The number of benzene rings is 2. The van der Waals surface area contributed by atoms with Gasteiger partial charge in [-0.05, 0) is 69.2 Å². The maximum absolute atomic E-state index is 13.1. The Morgan fingerprint density at radius 2 is 1.81 bits per heavy atom. The standard InChI is InChI=1S/C25H33ClN4O/c1-5-29(6-2)15-8-16-30(18-22-13-11-21(17-27)12-14-22)20(4)25(31)28-24-19(3)9-7-10-23(24)26/h7,9-14,20H,5-6,8,15-16,18H2,1-4H3,(H,28,31). The molecule has 0 aliphatic carbocycles. The highest BCUT2D eigenvalue weighted by atomic mass is 35.5. The normalized spacial score (nSPS) is 12.1. The van der Waals surface area contributed by atoms with Gasteiger partial charge in [0.25, 0.3) is 0 Å². The number of rotatable bonds is 11. The number of aryl methyl sites for hydroxylation is 1. The van der Waals surface area contributed by atoms with Gasteiger partial charge < -0.3 is 10.2 Å². The van der Waals surface area contributed by atoms with Gasteiger partial charge in [0, 0.05) is 13.1 Å². The van der Waals surface area contributed by atoms with Gasteiger partial charge in [0.05, 0.1) is 28.4 Å². The lowest BCUT2D eigenvalue weighted by atomic mass is 10.1. The van der Waals surface area contributed by atoms with Gasteiger partial charge >= 0.3 is 0 Å². The van der Waals surface area contributed by atoms with Crippen molar-refractivity contribution in [2.45, 2.75) is 46.7 Å². The van der Waals surface area contributed by atoms with Gasteiger partial charge in [-0.2, -0.15) is 5.26 Å². The summed E-state index contributed by atoms with van der Waals surface area (Å²) >= 11 is 6.31. The number of hydrogen-bond acceptors (Lipinski definition) is 4. The van der Waals surface area contributed by atoms with E-state index in [9.17, 15) is 4.79 Å². The second-order valence-corrected chi connectivity index (χ2v) is 8.16. The highest BCUT2D eigenvalue weighted by Crippen LogP contribution is 2.25. The lowest BCUT2D eigenvalue weighted by Crippen LogP contribution is -2.43. The predicted octanol–water partition coefficient (Wildman–Crippen LogP) is 5.08. The third kappa shape index (κ3) is 7.36. The van der Waals surface area contributed by atoms with Gasteiger partial charge in [-0.25, -0.2) is 0 Å². The van der Waals surface area contributed by atoms with Crippen molar-refractivity contribution in [2.24, 2.45) is 0 Å². The zero-order valence-electron chi connectivity index (χ0n) is 19.0. The molecule has 2 aromatic carbocycles. The zero-order valence-corrected chi connectivity index (χ0v) is 19.7. The van der Waals surface area contributed by atoms with E-state index in [1.807, 2.05) is 50.2 Å². The van der Waals surface area contributed by atoms with Gasteiger partial charge in [-0.1, -0.05) is 49.7 Å². The molecular weight excluding hydrogens is 408 g/mol. The summed E-state index contributed by atoms with van der Waals surface area (Å²) in [5.41, 5.74) is 3.32. The molecule has 0 fully saturated rings. The molecule has 0 spiro atoms. The van der Waals surface area contributed by atoms with Crippen LogP contribution in [0.2, 0.25) is 5.02 Å². The Morgan fingerprint density at radius 1 is 1.13 bits per heavy atom. The Bertz CT molecular complexity index is 867. The summed E-state index contributed by atoms with van der Waals surface area (Å²) in [6.07, 6.45) is 0.973. The zero-order chi connectivity index (χ0) is 22.8. The molecule has 0 heterocycles. The van der Waals surface area contributed by atoms with Crippen molar-refractivity contribution in [3.8, 4) is 6.07 Å². The van der Waals surface area contributed by atoms with E-state index in [-0.39, 0.29) is 11.9 Å². The van der Waals surface area contributed by atoms with Gasteiger partial charge in [-0.15, -0.1) is 0 Å². The van der Waals surface area contributed by atoms with Crippen LogP contribution in [0.15, 0.2) is 42.5 Å². The Labute approximate surface area is 191 Å². The number of halogens is 1. The van der Waals surface area contributed by atoms with Gasteiger partial charge in [0.1, 0.15) is 0 Å². The largest absolute Gasteiger partial charge is 0.323 e. The summed E-state index contributed by atoms with van der Waals surface area (Å²) in [4.78, 5) is 17.7. The first kappa shape index (κ1) is 24.9. The molecule has 0 saturated heterocycles. The monoisotopic (exact) mass is 440 g/mol. The van der Waals surface area contributed by atoms with E-state index < -0.39 is 0 Å². The predicted molar refractivity (Wildman–Crippen MR) is 128 cm³/mol. The summed E-state index contributed by atoms with van der Waals surface area (Å²) in [6, 6.07) is 15.0. The number of nitrogens with zero attached hydrogens (tertiary/aromatic N) is 3. The molecule has 0 bridgehead atoms. The van der Waals surface area contributed by atoms with Crippen molar-refractivity contribution in [2.75, 3.05) is 31.5 Å². The fraction of sp³-hybridized carbons (Fsp3) is 0.440. The fourth-order valence-electron chi connectivity index (χ4n) is 3.55. The highest BCUT2D eigenvalue weighted by Gasteiger charge is 2.23. The second-order valence-electron chi connectivity index (χ2n) is 7.76. The van der Waals surface area contributed by atoms with Crippen LogP contribution >= 0.6 is 11.6 Å². The number of nitrogens with one attached hydrogen (secondary N) is 1. The van der Waals surface area contributed by atoms with E-state index in [0.29, 0.717) is 22.8 Å². The molecule has 1 unspecified atom stereocenters. The lowest BCUT2D eigenvalue weighted by molar-refractivity contribution is -0.121. The molecule has 166 valence electrons. The minimum Gasteiger partial charge on any atom is -0.323 e. The number of carbonyl (C=O) groups is 1. The number of nitriles is 1. The maximum Gasteiger partial charge on any atom is 0.241 e. The minimum absolute atomic E-state index is 0.0762. The highest BCUT2D eigenvalue weighted by molar-refractivity contribution is 6.34. The molecule has 2 rings (SSSR count). The number of hydrogen-bond donors (Lipinski definition) is 1. The summed E-state index contributed by atoms with van der Waals surface area (Å²) < 4.78 is 0. The van der Waals surface area contributed by atoms with E-state index in [2.05, 4.69) is 35.0 Å². The van der Waals surface area contributed by atoms with Crippen LogP contribution in [0.5, 0.6) is 0 Å². The summed E-state index contributed by atoms with van der Waals surface area (Å²) in [6.45, 7) is 12.7. The molecule has 5 nitrogen and oxygen atoms in total. The van der Waals surface area contributed by atoms with E-state index in [4.69, 9.17) is 16.9 Å². The maximum atomic E-state index is 13.1. The third-order valence-electron chi connectivity index (χ3n) is 5.68. The number of carbonyl (C=O) groups excluding carboxylic acids is 1.